The first kappa shape index (κ1) is 30.4. The minimum Gasteiger partial charge on any atom is -0.444 e. The fourth-order valence-corrected chi connectivity index (χ4v) is 5.93. The number of rotatable bonds is 8. The molecule has 1 saturated heterocycles. The number of fused-ring (bicyclic) bond motifs is 1. The summed E-state index contributed by atoms with van der Waals surface area (Å²) in [4.78, 5) is 56.1. The van der Waals surface area contributed by atoms with Crippen LogP contribution in [0.1, 0.15) is 75.3 Å². The van der Waals surface area contributed by atoms with E-state index in [4.69, 9.17) is 9.72 Å². The second-order valence-corrected chi connectivity index (χ2v) is 12.4. The number of anilines is 3. The van der Waals surface area contributed by atoms with Crippen LogP contribution in [0.4, 0.5) is 22.2 Å². The molecule has 0 radical (unpaired) electrons. The smallest absolute Gasteiger partial charge is 0.407 e. The van der Waals surface area contributed by atoms with Gasteiger partial charge in [0.1, 0.15) is 17.1 Å². The van der Waals surface area contributed by atoms with E-state index in [0.29, 0.717) is 34.9 Å². The predicted molar refractivity (Wildman–Crippen MR) is 166 cm³/mol. The number of aryl methyl sites for hydroxylation is 1. The summed E-state index contributed by atoms with van der Waals surface area (Å²) in [5, 5.41) is 6.72. The molecule has 0 aromatic carbocycles. The van der Waals surface area contributed by atoms with E-state index in [1.54, 1.807) is 17.7 Å². The van der Waals surface area contributed by atoms with Crippen molar-refractivity contribution in [3.05, 3.63) is 46.0 Å². The zero-order chi connectivity index (χ0) is 30.7. The van der Waals surface area contributed by atoms with Crippen molar-refractivity contribution in [1.82, 2.24) is 29.7 Å². The van der Waals surface area contributed by atoms with Crippen molar-refractivity contribution < 1.29 is 14.3 Å². The maximum absolute atomic E-state index is 13.5. The highest BCUT2D eigenvalue weighted by molar-refractivity contribution is 5.99. The van der Waals surface area contributed by atoms with Gasteiger partial charge in [0.2, 0.25) is 5.95 Å². The van der Waals surface area contributed by atoms with Gasteiger partial charge in [-0.2, -0.15) is 4.98 Å². The van der Waals surface area contributed by atoms with Crippen molar-refractivity contribution in [2.24, 2.45) is 0 Å². The van der Waals surface area contributed by atoms with Crippen molar-refractivity contribution in [3.63, 3.8) is 0 Å². The summed E-state index contributed by atoms with van der Waals surface area (Å²) in [6.45, 7) is 13.6. The van der Waals surface area contributed by atoms with Gasteiger partial charge in [0.15, 0.2) is 5.78 Å². The van der Waals surface area contributed by atoms with Crippen molar-refractivity contribution >= 4 is 40.4 Å². The number of carbonyl (C=O) groups excluding carboxylic acids is 2. The van der Waals surface area contributed by atoms with E-state index in [1.165, 1.54) is 6.92 Å². The molecule has 3 aromatic heterocycles. The molecule has 1 amide bonds. The molecule has 3 aromatic rings. The number of carbonyl (C=O) groups is 2. The molecule has 0 bridgehead atoms. The summed E-state index contributed by atoms with van der Waals surface area (Å²) in [6, 6.07) is 3.94. The first-order valence-electron chi connectivity index (χ1n) is 15.1. The van der Waals surface area contributed by atoms with Gasteiger partial charge in [-0.25, -0.2) is 14.8 Å². The molecule has 0 atom stereocenters. The third-order valence-corrected chi connectivity index (χ3v) is 8.07. The number of ketones is 1. The average molecular weight is 591 g/mol. The van der Waals surface area contributed by atoms with Gasteiger partial charge < -0.3 is 20.3 Å². The van der Waals surface area contributed by atoms with E-state index < -0.39 is 5.60 Å². The van der Waals surface area contributed by atoms with Gasteiger partial charge in [-0.15, -0.1) is 0 Å². The summed E-state index contributed by atoms with van der Waals surface area (Å²) in [5.41, 5.74) is 1.65. The second kappa shape index (κ2) is 12.7. The van der Waals surface area contributed by atoms with Gasteiger partial charge in [-0.1, -0.05) is 12.8 Å². The molecule has 1 aliphatic carbocycles. The second-order valence-electron chi connectivity index (χ2n) is 12.4. The molecule has 0 spiro atoms. The lowest BCUT2D eigenvalue weighted by Gasteiger charge is -2.36. The van der Waals surface area contributed by atoms with Crippen molar-refractivity contribution in [3.8, 4) is 0 Å². The van der Waals surface area contributed by atoms with Gasteiger partial charge >= 0.3 is 6.09 Å². The number of nitrogens with zero attached hydrogens (tertiary/aromatic N) is 6. The highest BCUT2D eigenvalue weighted by Crippen LogP contribution is 2.32. The summed E-state index contributed by atoms with van der Waals surface area (Å²) < 4.78 is 7.01. The molecule has 2 aliphatic rings. The molecule has 230 valence electrons. The van der Waals surface area contributed by atoms with Crippen LogP contribution in [0.3, 0.4) is 0 Å². The number of piperazine rings is 1. The fraction of sp³-hybridized carbons (Fsp3) is 0.548. The van der Waals surface area contributed by atoms with Crippen LogP contribution in [0, 0.1) is 6.92 Å². The van der Waals surface area contributed by atoms with Gasteiger partial charge in [0, 0.05) is 56.9 Å². The zero-order valence-electron chi connectivity index (χ0n) is 25.8. The van der Waals surface area contributed by atoms with E-state index in [2.05, 4.69) is 30.4 Å². The molecule has 2 fully saturated rings. The molecular weight excluding hydrogens is 548 g/mol. The number of Topliss-reactive ketones (excluding diaryl/α,β-unsaturated/α-hetero) is 1. The van der Waals surface area contributed by atoms with Crippen molar-refractivity contribution in [1.29, 1.82) is 0 Å². The van der Waals surface area contributed by atoms with Gasteiger partial charge in [0.25, 0.3) is 5.56 Å². The van der Waals surface area contributed by atoms with E-state index in [9.17, 15) is 14.4 Å². The van der Waals surface area contributed by atoms with Crippen LogP contribution >= 0.6 is 0 Å². The molecular formula is C31H42N8O4. The number of alkyl carbamates (subject to hydrolysis) is 1. The highest BCUT2D eigenvalue weighted by Gasteiger charge is 2.26. The molecule has 12 nitrogen and oxygen atoms in total. The number of aromatic nitrogens is 4. The molecule has 4 heterocycles. The Morgan fingerprint density at radius 1 is 1.05 bits per heavy atom. The Kier molecular flexibility index (Phi) is 8.95. The Labute approximate surface area is 251 Å². The maximum atomic E-state index is 13.5. The van der Waals surface area contributed by atoms with E-state index in [0.717, 1.165) is 64.1 Å². The lowest BCUT2D eigenvalue weighted by molar-refractivity contribution is 0.0521. The average Bonchev–Trinajstić information content (AvgIpc) is 3.47. The van der Waals surface area contributed by atoms with Crippen molar-refractivity contribution in [2.45, 2.75) is 71.9 Å². The third-order valence-electron chi connectivity index (χ3n) is 8.07. The van der Waals surface area contributed by atoms with E-state index >= 15 is 0 Å². The molecule has 2 N–H and O–H groups in total. The minimum atomic E-state index is -0.503. The van der Waals surface area contributed by atoms with Crippen LogP contribution < -0.4 is 21.1 Å². The lowest BCUT2D eigenvalue weighted by atomic mass is 10.0. The number of amides is 1. The molecule has 1 aliphatic heterocycles. The minimum absolute atomic E-state index is 0.0237. The Morgan fingerprint density at radius 2 is 1.77 bits per heavy atom. The lowest BCUT2D eigenvalue weighted by Crippen LogP contribution is -2.48. The monoisotopic (exact) mass is 590 g/mol. The van der Waals surface area contributed by atoms with Crippen LogP contribution in [-0.4, -0.2) is 81.2 Å². The van der Waals surface area contributed by atoms with Crippen LogP contribution in [0.15, 0.2) is 29.3 Å². The third kappa shape index (κ3) is 7.12. The summed E-state index contributed by atoms with van der Waals surface area (Å²) in [7, 11) is 0. The van der Waals surface area contributed by atoms with Gasteiger partial charge in [-0.05, 0) is 65.2 Å². The summed E-state index contributed by atoms with van der Waals surface area (Å²) >= 11 is 0. The standard InChI is InChI=1S/C31H42N8O4/c1-20-24-19-34-29(36-27(24)39(22-8-6-7-9-22)28(41)26(20)21(2)40)35-25-11-10-23(18-33-25)38-16-14-37(15-17-38)13-12-32-30(42)43-31(3,4)5/h10-11,18-19,22H,6-9,12-17H2,1-5H3,(H,32,42)(H,33,34,35,36). The molecule has 12 heteroatoms. The maximum Gasteiger partial charge on any atom is 0.407 e. The van der Waals surface area contributed by atoms with Crippen LogP contribution in [0.2, 0.25) is 0 Å². The number of nitrogens with one attached hydrogen (secondary N) is 2. The van der Waals surface area contributed by atoms with Crippen LogP contribution in [0.25, 0.3) is 11.0 Å². The number of pyridine rings is 2. The normalized spacial score (nSPS) is 16.4. The van der Waals surface area contributed by atoms with E-state index in [-0.39, 0.29) is 29.0 Å². The number of hydrogen-bond donors (Lipinski definition) is 2. The SMILES string of the molecule is CC(=O)c1c(C)c2cnc(Nc3ccc(N4CCN(CCNC(=O)OC(C)(C)C)CC4)cn3)nc2n(C2CCCC2)c1=O. The quantitative estimate of drug-likeness (QED) is 0.368. The van der Waals surface area contributed by atoms with Crippen molar-refractivity contribution in [2.75, 3.05) is 49.5 Å². The summed E-state index contributed by atoms with van der Waals surface area (Å²) in [6.07, 6.45) is 7.02. The molecule has 0 unspecified atom stereocenters. The predicted octanol–water partition coefficient (Wildman–Crippen LogP) is 4.20. The highest BCUT2D eigenvalue weighted by atomic mass is 16.6. The molecule has 5 rings (SSSR count). The first-order valence-corrected chi connectivity index (χ1v) is 15.1. The summed E-state index contributed by atoms with van der Waals surface area (Å²) in [5.74, 6) is 0.712. The zero-order valence-corrected chi connectivity index (χ0v) is 25.8. The number of ether oxygens (including phenoxy) is 1. The van der Waals surface area contributed by atoms with Crippen LogP contribution in [-0.2, 0) is 4.74 Å². The Bertz CT molecular complexity index is 1530. The number of hydrogen-bond acceptors (Lipinski definition) is 10. The topological polar surface area (TPSA) is 135 Å². The fourth-order valence-electron chi connectivity index (χ4n) is 5.93. The van der Waals surface area contributed by atoms with Gasteiger partial charge in [-0.3, -0.25) is 19.1 Å². The Balaban J connectivity index is 1.22. The largest absolute Gasteiger partial charge is 0.444 e. The Morgan fingerprint density at radius 3 is 2.40 bits per heavy atom. The molecule has 1 saturated carbocycles. The van der Waals surface area contributed by atoms with Crippen LogP contribution in [0.5, 0.6) is 0 Å². The van der Waals surface area contributed by atoms with E-state index in [1.807, 2.05) is 39.1 Å². The molecule has 43 heavy (non-hydrogen) atoms. The Hall–Kier alpha value is -4.06. The van der Waals surface area contributed by atoms with Gasteiger partial charge in [0.05, 0.1) is 17.4 Å². The first-order chi connectivity index (χ1) is 20.5.